The van der Waals surface area contributed by atoms with Gasteiger partial charge in [0.2, 0.25) is 6.71 Å². The van der Waals surface area contributed by atoms with Gasteiger partial charge < -0.3 is 9.80 Å². The quantitative estimate of drug-likeness (QED) is 0.166. The molecule has 0 bridgehead atoms. The zero-order chi connectivity index (χ0) is 42.1. The monoisotopic (exact) mass is 783 g/mol. The van der Waals surface area contributed by atoms with Gasteiger partial charge in [0.15, 0.2) is 0 Å². The average Bonchev–Trinajstić information content (AvgIpc) is 3.18. The summed E-state index contributed by atoms with van der Waals surface area (Å²) in [5.74, 6) is 0. The topological polar surface area (TPSA) is 19.4 Å². The molecule has 1 aromatic heterocycles. The maximum Gasteiger partial charge on any atom is 0.247 e. The lowest BCUT2D eigenvalue weighted by Crippen LogP contribution is -2.64. The standard InChI is InChI=1S/C56H58BN3/c1-53(2,3)37-20-23-40(24-21-37)60-49-32-42(59(39-15-13-12-14-16-39)41-25-27-44-36(29-41)18-17-35-19-26-43(35)44)31-46-52(49)57(48-33-51(55(7,8)9)58-34-50(48)60)47-30-38(54(4,5)6)22-28-45(47)56(46,10)11/h12-18,20-25,27-34H,19,26H2,1-11H3. The second kappa shape index (κ2) is 13.2. The van der Waals surface area contributed by atoms with Crippen molar-refractivity contribution in [3.8, 4) is 0 Å². The van der Waals surface area contributed by atoms with Crippen LogP contribution in [0.25, 0.3) is 10.8 Å². The van der Waals surface area contributed by atoms with E-state index in [-0.39, 0.29) is 28.4 Å². The number of nitrogens with zero attached hydrogens (tertiary/aromatic N) is 3. The first-order chi connectivity index (χ1) is 28.4. The largest absolute Gasteiger partial charge is 0.310 e. The van der Waals surface area contributed by atoms with Gasteiger partial charge in [0.05, 0.1) is 11.9 Å². The highest BCUT2D eigenvalue weighted by Crippen LogP contribution is 2.48. The first kappa shape index (κ1) is 38.6. The van der Waals surface area contributed by atoms with Gasteiger partial charge in [0, 0.05) is 45.0 Å². The minimum absolute atomic E-state index is 0.0102. The third kappa shape index (κ3) is 6.04. The van der Waals surface area contributed by atoms with Crippen molar-refractivity contribution in [3.05, 3.63) is 167 Å². The molecule has 0 N–H and O–H groups in total. The van der Waals surface area contributed by atoms with Crippen LogP contribution in [0.3, 0.4) is 0 Å². The van der Waals surface area contributed by atoms with Crippen molar-refractivity contribution >= 4 is 68.0 Å². The maximum absolute atomic E-state index is 5.27. The molecule has 1 aliphatic carbocycles. The summed E-state index contributed by atoms with van der Waals surface area (Å²) in [6, 6.07) is 46.8. The zero-order valence-corrected chi connectivity index (χ0v) is 37.5. The lowest BCUT2D eigenvalue weighted by Gasteiger charge is -2.46. The summed E-state index contributed by atoms with van der Waals surface area (Å²) in [5, 5.41) is 2.68. The fourth-order valence-electron chi connectivity index (χ4n) is 10.2. The normalized spacial score (nSPS) is 15.2. The first-order valence-corrected chi connectivity index (χ1v) is 22.0. The van der Waals surface area contributed by atoms with Crippen molar-refractivity contribution in [1.82, 2.24) is 4.98 Å². The van der Waals surface area contributed by atoms with E-state index in [1.54, 1.807) is 0 Å². The molecule has 3 heterocycles. The molecule has 3 aliphatic rings. The molecule has 0 spiro atoms. The van der Waals surface area contributed by atoms with E-state index in [0.29, 0.717) is 0 Å². The number of aryl methyl sites for hydroxylation is 2. The molecule has 10 rings (SSSR count). The van der Waals surface area contributed by atoms with Gasteiger partial charge in [-0.3, -0.25) is 4.98 Å². The number of hydrogen-bond donors (Lipinski definition) is 0. The summed E-state index contributed by atoms with van der Waals surface area (Å²) >= 11 is 0. The third-order valence-electron chi connectivity index (χ3n) is 13.9. The molecule has 7 aromatic rings. The summed E-state index contributed by atoms with van der Waals surface area (Å²) in [7, 11) is 0. The summed E-state index contributed by atoms with van der Waals surface area (Å²) in [4.78, 5) is 10.3. The Bertz CT molecular complexity index is 2850. The molecule has 3 nitrogen and oxygen atoms in total. The molecule has 2 aliphatic heterocycles. The number of fused-ring (bicyclic) bond motifs is 7. The number of pyridine rings is 1. The van der Waals surface area contributed by atoms with E-state index < -0.39 is 0 Å². The lowest BCUT2D eigenvalue weighted by molar-refractivity contribution is 0.569. The maximum atomic E-state index is 5.27. The van der Waals surface area contributed by atoms with Crippen LogP contribution in [0.2, 0.25) is 0 Å². The van der Waals surface area contributed by atoms with Gasteiger partial charge in [-0.15, -0.1) is 0 Å². The van der Waals surface area contributed by atoms with Gasteiger partial charge in [-0.25, -0.2) is 0 Å². The fourth-order valence-corrected chi connectivity index (χ4v) is 10.2. The molecule has 0 amide bonds. The van der Waals surface area contributed by atoms with Crippen LogP contribution in [-0.2, 0) is 34.5 Å². The highest BCUT2D eigenvalue weighted by Gasteiger charge is 2.47. The van der Waals surface area contributed by atoms with Crippen LogP contribution in [0, 0.1) is 0 Å². The van der Waals surface area contributed by atoms with E-state index in [0.717, 1.165) is 40.6 Å². The Labute approximate surface area is 358 Å². The SMILES string of the molecule is CC(C)(C)c1ccc(N2c3cnc(C(C)(C)C)cc3B3c4cc(C(C)(C)C)ccc4C(C)(C)c4cc(N(c5ccccc5)c5ccc6c7c(ccc6c5)CC7)cc2c43)cc1. The second-order valence-electron chi connectivity index (χ2n) is 21.3. The minimum atomic E-state index is -0.282. The van der Waals surface area contributed by atoms with E-state index in [9.17, 15) is 0 Å². The molecule has 4 heteroatoms. The Morgan fingerprint density at radius 3 is 1.97 bits per heavy atom. The summed E-state index contributed by atoms with van der Waals surface area (Å²) < 4.78 is 0. The third-order valence-corrected chi connectivity index (χ3v) is 13.9. The van der Waals surface area contributed by atoms with Gasteiger partial charge in [-0.05, 0) is 133 Å². The predicted molar refractivity (Wildman–Crippen MR) is 258 cm³/mol. The number of aromatic nitrogens is 1. The Morgan fingerprint density at radius 2 is 1.30 bits per heavy atom. The minimum Gasteiger partial charge on any atom is -0.310 e. The van der Waals surface area contributed by atoms with E-state index in [1.165, 1.54) is 72.6 Å². The molecule has 300 valence electrons. The molecular formula is C56H58BN3. The van der Waals surface area contributed by atoms with E-state index in [2.05, 4.69) is 213 Å². The Hall–Kier alpha value is -5.61. The van der Waals surface area contributed by atoms with Crippen molar-refractivity contribution in [1.29, 1.82) is 0 Å². The average molecular weight is 784 g/mol. The smallest absolute Gasteiger partial charge is 0.247 e. The molecular weight excluding hydrogens is 725 g/mol. The van der Waals surface area contributed by atoms with Crippen molar-refractivity contribution in [2.24, 2.45) is 0 Å². The van der Waals surface area contributed by atoms with E-state index in [4.69, 9.17) is 4.98 Å². The van der Waals surface area contributed by atoms with E-state index >= 15 is 0 Å². The van der Waals surface area contributed by atoms with Crippen LogP contribution in [0.5, 0.6) is 0 Å². The Morgan fingerprint density at radius 1 is 0.583 bits per heavy atom. The molecule has 60 heavy (non-hydrogen) atoms. The fraction of sp³-hybridized carbons (Fsp3) is 0.304. The molecule has 0 fully saturated rings. The summed E-state index contributed by atoms with van der Waals surface area (Å²) in [5.41, 5.74) is 20.3. The highest BCUT2D eigenvalue weighted by atomic mass is 15.2. The van der Waals surface area contributed by atoms with Gasteiger partial charge in [-0.2, -0.15) is 0 Å². The molecule has 0 unspecified atom stereocenters. The molecule has 6 aromatic carbocycles. The second-order valence-corrected chi connectivity index (χ2v) is 21.3. The van der Waals surface area contributed by atoms with Gasteiger partial charge in [0.25, 0.3) is 0 Å². The van der Waals surface area contributed by atoms with Crippen molar-refractivity contribution < 1.29 is 0 Å². The lowest BCUT2D eigenvalue weighted by atomic mass is 9.30. The van der Waals surface area contributed by atoms with E-state index in [1.807, 2.05) is 0 Å². The number of rotatable bonds is 4. The van der Waals surface area contributed by atoms with Gasteiger partial charge >= 0.3 is 0 Å². The number of hydrogen-bond acceptors (Lipinski definition) is 3. The van der Waals surface area contributed by atoms with Crippen LogP contribution in [0.4, 0.5) is 34.1 Å². The van der Waals surface area contributed by atoms with Gasteiger partial charge in [-0.1, -0.05) is 148 Å². The number of anilines is 6. The number of para-hydroxylation sites is 1. The first-order valence-electron chi connectivity index (χ1n) is 22.0. The highest BCUT2D eigenvalue weighted by molar-refractivity contribution is 6.99. The molecule has 0 saturated heterocycles. The van der Waals surface area contributed by atoms with Crippen LogP contribution in [0.1, 0.15) is 115 Å². The number of benzene rings is 6. The Balaban J connectivity index is 1.29. The molecule has 0 radical (unpaired) electrons. The summed E-state index contributed by atoms with van der Waals surface area (Å²) in [6.45, 7) is 25.7. The van der Waals surface area contributed by atoms with Crippen molar-refractivity contribution in [2.75, 3.05) is 9.80 Å². The van der Waals surface area contributed by atoms with Crippen molar-refractivity contribution in [2.45, 2.75) is 111 Å². The predicted octanol–water partition coefficient (Wildman–Crippen LogP) is 12.6. The molecule has 0 atom stereocenters. The van der Waals surface area contributed by atoms with Gasteiger partial charge in [0.1, 0.15) is 0 Å². The summed E-state index contributed by atoms with van der Waals surface area (Å²) in [6.07, 6.45) is 4.52. The van der Waals surface area contributed by atoms with Crippen LogP contribution < -0.4 is 26.2 Å². The molecule has 0 saturated carbocycles. The van der Waals surface area contributed by atoms with Crippen molar-refractivity contribution in [3.63, 3.8) is 0 Å². The van der Waals surface area contributed by atoms with Crippen LogP contribution >= 0.6 is 0 Å². The zero-order valence-electron chi connectivity index (χ0n) is 37.5. The van der Waals surface area contributed by atoms with Crippen LogP contribution in [0.15, 0.2) is 128 Å². The van der Waals surface area contributed by atoms with Crippen LogP contribution in [-0.4, -0.2) is 11.7 Å². The Kier molecular flexibility index (Phi) is 8.49.